The number of Topliss-reactive ketones (excluding diaryl/α,β-unsaturated/α-hetero) is 1. The van der Waals surface area contributed by atoms with Crippen molar-refractivity contribution in [3.05, 3.63) is 47.2 Å². The molecule has 184 valence electrons. The van der Waals surface area contributed by atoms with Crippen molar-refractivity contribution >= 4 is 22.6 Å². The smallest absolute Gasteiger partial charge is 0.278 e. The molecular weight excluding hydrogens is 446 g/mol. The molecule has 0 saturated heterocycles. The number of carbonyl (C=O) groups is 1. The number of likely N-dealkylation sites (N-methyl/N-ethyl adjacent to an activating group) is 1. The van der Waals surface area contributed by atoms with Gasteiger partial charge in [-0.1, -0.05) is 37.8 Å². The van der Waals surface area contributed by atoms with Crippen molar-refractivity contribution in [2.75, 3.05) is 39.6 Å². The molecule has 0 bridgehead atoms. The first-order chi connectivity index (χ1) is 16.9. The van der Waals surface area contributed by atoms with E-state index < -0.39 is 6.10 Å². The summed E-state index contributed by atoms with van der Waals surface area (Å²) in [6.07, 6.45) is 1.70. The number of nitrogens with zero attached hydrogens (tertiary/aromatic N) is 4. The second-order valence-electron chi connectivity index (χ2n) is 7.92. The van der Waals surface area contributed by atoms with Gasteiger partial charge in [0.15, 0.2) is 5.78 Å². The molecule has 2 heterocycles. The first-order valence-electron chi connectivity index (χ1n) is 11.5. The molecule has 35 heavy (non-hydrogen) atoms. The maximum atomic E-state index is 12.5. The number of ether oxygens (including phenoxy) is 2. The Balaban J connectivity index is 1.74. The molecule has 2 aromatic heterocycles. The molecule has 9 heteroatoms. The van der Waals surface area contributed by atoms with Crippen molar-refractivity contribution in [2.45, 2.75) is 32.8 Å². The molecule has 0 saturated carbocycles. The number of anilines is 1. The van der Waals surface area contributed by atoms with E-state index >= 15 is 0 Å². The van der Waals surface area contributed by atoms with Crippen LogP contribution in [0, 0.1) is 11.8 Å². The van der Waals surface area contributed by atoms with E-state index in [4.69, 9.17) is 15.2 Å². The standard InChI is InChI=1S/C26H31N5O4/c1-5-31(6-2)16-19(32)12-14-22(33)18-10-7-17(8-11-18)9-13-20-23-21(15-28-24(20)27)29-25(34-3)26(30-23)35-4/h7-8,10-11,15,19,32H,5-6,12,14,16H2,1-4H3,(H2,27,28). The fraction of sp³-hybridized carbons (Fsp3) is 0.385. The molecule has 9 nitrogen and oxygen atoms in total. The minimum Gasteiger partial charge on any atom is -0.477 e. The van der Waals surface area contributed by atoms with Gasteiger partial charge < -0.3 is 25.2 Å². The van der Waals surface area contributed by atoms with Gasteiger partial charge in [-0.3, -0.25) is 4.79 Å². The predicted molar refractivity (Wildman–Crippen MR) is 135 cm³/mol. The quantitative estimate of drug-likeness (QED) is 0.335. The number of rotatable bonds is 10. The average molecular weight is 478 g/mol. The van der Waals surface area contributed by atoms with Gasteiger partial charge in [0.1, 0.15) is 16.9 Å². The maximum absolute atomic E-state index is 12.5. The van der Waals surface area contributed by atoms with Crippen molar-refractivity contribution in [1.29, 1.82) is 0 Å². The molecule has 0 radical (unpaired) electrons. The molecule has 0 aliphatic rings. The number of nitrogens with two attached hydrogens (primary N) is 1. The lowest BCUT2D eigenvalue weighted by Crippen LogP contribution is -2.32. The minimum atomic E-state index is -0.523. The molecule has 1 aromatic carbocycles. The second kappa shape index (κ2) is 12.1. The molecule has 1 unspecified atom stereocenters. The van der Waals surface area contributed by atoms with Crippen LogP contribution in [0.5, 0.6) is 11.8 Å². The Hall–Kier alpha value is -3.74. The summed E-state index contributed by atoms with van der Waals surface area (Å²) in [5.74, 6) is 6.74. The molecule has 3 N–H and O–H groups in total. The highest BCUT2D eigenvalue weighted by molar-refractivity contribution is 5.96. The minimum absolute atomic E-state index is 0.0121. The van der Waals surface area contributed by atoms with Gasteiger partial charge in [-0.05, 0) is 31.6 Å². The summed E-state index contributed by atoms with van der Waals surface area (Å²) < 4.78 is 10.4. The fourth-order valence-corrected chi connectivity index (χ4v) is 3.58. The molecule has 0 amide bonds. The van der Waals surface area contributed by atoms with Crippen molar-refractivity contribution in [1.82, 2.24) is 19.9 Å². The predicted octanol–water partition coefficient (Wildman–Crippen LogP) is 2.69. The second-order valence-corrected chi connectivity index (χ2v) is 7.92. The van der Waals surface area contributed by atoms with Gasteiger partial charge in [0.2, 0.25) is 0 Å². The lowest BCUT2D eigenvalue weighted by molar-refractivity contribution is 0.0877. The first-order valence-corrected chi connectivity index (χ1v) is 11.5. The molecule has 1 atom stereocenters. The Bertz CT molecular complexity index is 1230. The number of nitrogen functional groups attached to an aromatic ring is 1. The van der Waals surface area contributed by atoms with Crippen molar-refractivity contribution in [2.24, 2.45) is 0 Å². The Labute approximate surface area is 205 Å². The van der Waals surface area contributed by atoms with Crippen LogP contribution in [0.15, 0.2) is 30.5 Å². The zero-order chi connectivity index (χ0) is 25.4. The normalized spacial score (nSPS) is 11.7. The number of hydrogen-bond acceptors (Lipinski definition) is 9. The van der Waals surface area contributed by atoms with E-state index in [0.29, 0.717) is 40.7 Å². The molecular formula is C26H31N5O4. The van der Waals surface area contributed by atoms with E-state index in [0.717, 1.165) is 13.1 Å². The average Bonchev–Trinajstić information content (AvgIpc) is 2.89. The van der Waals surface area contributed by atoms with Gasteiger partial charge in [0.05, 0.1) is 32.1 Å². The molecule has 0 spiro atoms. The number of aliphatic hydroxyl groups excluding tert-OH is 1. The molecule has 3 aromatic rings. The van der Waals surface area contributed by atoms with Gasteiger partial charge >= 0.3 is 0 Å². The summed E-state index contributed by atoms with van der Waals surface area (Å²) in [7, 11) is 2.95. The van der Waals surface area contributed by atoms with E-state index in [1.807, 2.05) is 0 Å². The third-order valence-corrected chi connectivity index (χ3v) is 5.67. The van der Waals surface area contributed by atoms with Gasteiger partial charge in [-0.15, -0.1) is 0 Å². The number of benzene rings is 1. The number of pyridine rings is 1. The van der Waals surface area contributed by atoms with Gasteiger partial charge in [-0.2, -0.15) is 0 Å². The van der Waals surface area contributed by atoms with Crippen LogP contribution in [0.4, 0.5) is 5.82 Å². The third kappa shape index (κ3) is 6.44. The van der Waals surface area contributed by atoms with Crippen LogP contribution in [0.2, 0.25) is 0 Å². The Morgan fingerprint density at radius 1 is 1.09 bits per heavy atom. The summed E-state index contributed by atoms with van der Waals surface area (Å²) in [6.45, 7) is 6.43. The number of carbonyl (C=O) groups excluding carboxylic acids is 1. The lowest BCUT2D eigenvalue weighted by atomic mass is 10.0. The van der Waals surface area contributed by atoms with Crippen LogP contribution in [-0.4, -0.2) is 70.7 Å². The Morgan fingerprint density at radius 2 is 1.74 bits per heavy atom. The van der Waals surface area contributed by atoms with Gasteiger partial charge in [0, 0.05) is 24.1 Å². The summed E-state index contributed by atoms with van der Waals surface area (Å²) >= 11 is 0. The van der Waals surface area contributed by atoms with Crippen LogP contribution in [-0.2, 0) is 0 Å². The topological polar surface area (TPSA) is 124 Å². The first kappa shape index (κ1) is 25.9. The van der Waals surface area contributed by atoms with Crippen LogP contribution >= 0.6 is 0 Å². The number of methoxy groups -OCH3 is 2. The monoisotopic (exact) mass is 477 g/mol. The van der Waals surface area contributed by atoms with E-state index in [9.17, 15) is 9.90 Å². The highest BCUT2D eigenvalue weighted by Gasteiger charge is 2.15. The SMILES string of the molecule is CCN(CC)CC(O)CCC(=O)c1ccc(C#Cc2c(N)ncc3nc(OC)c(OC)nc23)cc1. The third-order valence-electron chi connectivity index (χ3n) is 5.67. The number of ketones is 1. The van der Waals surface area contributed by atoms with Crippen LogP contribution in [0.25, 0.3) is 11.0 Å². The van der Waals surface area contributed by atoms with Crippen LogP contribution < -0.4 is 15.2 Å². The highest BCUT2D eigenvalue weighted by Crippen LogP contribution is 2.27. The van der Waals surface area contributed by atoms with E-state index in [-0.39, 0.29) is 29.8 Å². The number of aromatic nitrogens is 3. The Kier molecular flexibility index (Phi) is 8.95. The van der Waals surface area contributed by atoms with Gasteiger partial charge in [0.25, 0.3) is 11.8 Å². The van der Waals surface area contributed by atoms with Crippen LogP contribution in [0.1, 0.15) is 48.2 Å². The summed E-state index contributed by atoms with van der Waals surface area (Å²) in [6, 6.07) is 7.02. The summed E-state index contributed by atoms with van der Waals surface area (Å²) in [5, 5.41) is 10.2. The molecule has 0 aliphatic carbocycles. The molecule has 3 rings (SSSR count). The van der Waals surface area contributed by atoms with Crippen LogP contribution in [0.3, 0.4) is 0 Å². The largest absolute Gasteiger partial charge is 0.477 e. The fourth-order valence-electron chi connectivity index (χ4n) is 3.58. The van der Waals surface area contributed by atoms with Crippen molar-refractivity contribution in [3.63, 3.8) is 0 Å². The summed E-state index contributed by atoms with van der Waals surface area (Å²) in [5.41, 5.74) is 8.71. The maximum Gasteiger partial charge on any atom is 0.278 e. The Morgan fingerprint density at radius 3 is 2.37 bits per heavy atom. The molecule has 0 fully saturated rings. The lowest BCUT2D eigenvalue weighted by Gasteiger charge is -2.21. The zero-order valence-electron chi connectivity index (χ0n) is 20.5. The number of aliphatic hydroxyl groups is 1. The molecule has 0 aliphatic heterocycles. The zero-order valence-corrected chi connectivity index (χ0v) is 20.5. The van der Waals surface area contributed by atoms with Crippen molar-refractivity contribution in [3.8, 4) is 23.6 Å². The van der Waals surface area contributed by atoms with Crippen molar-refractivity contribution < 1.29 is 19.4 Å². The number of hydrogen-bond donors (Lipinski definition) is 2. The highest BCUT2D eigenvalue weighted by atomic mass is 16.5. The van der Waals surface area contributed by atoms with E-state index in [1.54, 1.807) is 24.3 Å². The van der Waals surface area contributed by atoms with Gasteiger partial charge in [-0.25, -0.2) is 15.0 Å². The van der Waals surface area contributed by atoms with E-state index in [1.165, 1.54) is 20.4 Å². The summed E-state index contributed by atoms with van der Waals surface area (Å²) in [4.78, 5) is 27.6. The number of fused-ring (bicyclic) bond motifs is 1. The van der Waals surface area contributed by atoms with E-state index in [2.05, 4.69) is 45.5 Å².